The molecule has 0 unspecified atom stereocenters. The molecule has 0 aliphatic heterocycles. The summed E-state index contributed by atoms with van der Waals surface area (Å²) >= 11 is 5.98. The normalized spacial score (nSPS) is 10.6. The molecule has 1 amide bonds. The molecule has 19 heavy (non-hydrogen) atoms. The molecule has 94 valence electrons. The number of carbonyl (C=O) groups excluding carboxylic acids is 1. The molecule has 1 aromatic carbocycles. The zero-order valence-electron chi connectivity index (χ0n) is 9.85. The van der Waals surface area contributed by atoms with Crippen molar-refractivity contribution in [3.63, 3.8) is 0 Å². The third-order valence-electron chi connectivity index (χ3n) is 2.78. The van der Waals surface area contributed by atoms with E-state index in [2.05, 4.69) is 15.3 Å². The first-order valence-electron chi connectivity index (χ1n) is 5.73. The van der Waals surface area contributed by atoms with Crippen molar-refractivity contribution in [1.82, 2.24) is 9.97 Å². The van der Waals surface area contributed by atoms with Gasteiger partial charge in [0.15, 0.2) is 0 Å². The SMILES string of the molecule is O=C(Nc1cnc2[nH]ccc2c1)c1ccccc1Cl. The van der Waals surface area contributed by atoms with Gasteiger partial charge in [0, 0.05) is 11.6 Å². The van der Waals surface area contributed by atoms with Crippen LogP contribution in [0.15, 0.2) is 48.8 Å². The summed E-state index contributed by atoms with van der Waals surface area (Å²) < 4.78 is 0. The number of aromatic nitrogens is 2. The van der Waals surface area contributed by atoms with E-state index in [0.717, 1.165) is 11.0 Å². The minimum absolute atomic E-state index is 0.248. The van der Waals surface area contributed by atoms with Crippen molar-refractivity contribution in [3.8, 4) is 0 Å². The van der Waals surface area contributed by atoms with E-state index in [0.29, 0.717) is 16.3 Å². The van der Waals surface area contributed by atoms with E-state index in [1.165, 1.54) is 0 Å². The van der Waals surface area contributed by atoms with Gasteiger partial charge in [-0.1, -0.05) is 23.7 Å². The lowest BCUT2D eigenvalue weighted by Gasteiger charge is -2.06. The van der Waals surface area contributed by atoms with E-state index in [9.17, 15) is 4.79 Å². The zero-order valence-corrected chi connectivity index (χ0v) is 10.6. The smallest absolute Gasteiger partial charge is 0.257 e. The fourth-order valence-corrected chi connectivity index (χ4v) is 2.07. The van der Waals surface area contributed by atoms with Gasteiger partial charge in [0.1, 0.15) is 5.65 Å². The Morgan fingerprint density at radius 2 is 2.11 bits per heavy atom. The molecular weight excluding hydrogens is 262 g/mol. The van der Waals surface area contributed by atoms with Crippen molar-refractivity contribution in [1.29, 1.82) is 0 Å². The molecule has 3 rings (SSSR count). The van der Waals surface area contributed by atoms with E-state index < -0.39 is 0 Å². The highest BCUT2D eigenvalue weighted by Gasteiger charge is 2.10. The number of pyridine rings is 1. The molecule has 2 heterocycles. The molecule has 0 aliphatic rings. The summed E-state index contributed by atoms with van der Waals surface area (Å²) in [6.07, 6.45) is 3.41. The molecule has 0 aliphatic carbocycles. The number of fused-ring (bicyclic) bond motifs is 1. The Kier molecular flexibility index (Phi) is 2.93. The number of H-pyrrole nitrogens is 1. The summed E-state index contributed by atoms with van der Waals surface area (Å²) in [5.41, 5.74) is 1.87. The van der Waals surface area contributed by atoms with E-state index in [-0.39, 0.29) is 5.91 Å². The number of benzene rings is 1. The number of hydrogen-bond acceptors (Lipinski definition) is 2. The van der Waals surface area contributed by atoms with Crippen molar-refractivity contribution >= 4 is 34.2 Å². The van der Waals surface area contributed by atoms with Gasteiger partial charge in [0.25, 0.3) is 5.91 Å². The lowest BCUT2D eigenvalue weighted by atomic mass is 10.2. The van der Waals surface area contributed by atoms with Crippen LogP contribution in [0.4, 0.5) is 5.69 Å². The molecule has 0 radical (unpaired) electrons. The first-order chi connectivity index (χ1) is 9.24. The number of anilines is 1. The summed E-state index contributed by atoms with van der Waals surface area (Å²) in [7, 11) is 0. The van der Waals surface area contributed by atoms with Crippen LogP contribution in [0, 0.1) is 0 Å². The maximum atomic E-state index is 12.1. The van der Waals surface area contributed by atoms with Crippen molar-refractivity contribution in [2.45, 2.75) is 0 Å². The van der Waals surface area contributed by atoms with Crippen molar-refractivity contribution < 1.29 is 4.79 Å². The third-order valence-corrected chi connectivity index (χ3v) is 3.11. The number of amides is 1. The Morgan fingerprint density at radius 1 is 1.26 bits per heavy atom. The van der Waals surface area contributed by atoms with Crippen LogP contribution in [0.5, 0.6) is 0 Å². The molecule has 4 nitrogen and oxygen atoms in total. The quantitative estimate of drug-likeness (QED) is 0.750. The van der Waals surface area contributed by atoms with Crippen LogP contribution in [-0.2, 0) is 0 Å². The molecule has 0 saturated carbocycles. The second-order valence-corrected chi connectivity index (χ2v) is 4.48. The van der Waals surface area contributed by atoms with E-state index in [4.69, 9.17) is 11.6 Å². The second kappa shape index (κ2) is 4.74. The molecule has 0 atom stereocenters. The number of halogens is 1. The van der Waals surface area contributed by atoms with Gasteiger partial charge in [-0.15, -0.1) is 0 Å². The zero-order chi connectivity index (χ0) is 13.2. The number of nitrogens with one attached hydrogen (secondary N) is 2. The largest absolute Gasteiger partial charge is 0.346 e. The molecule has 2 N–H and O–H groups in total. The lowest BCUT2D eigenvalue weighted by molar-refractivity contribution is 0.102. The monoisotopic (exact) mass is 271 g/mol. The minimum atomic E-state index is -0.248. The van der Waals surface area contributed by atoms with Crippen LogP contribution in [-0.4, -0.2) is 15.9 Å². The van der Waals surface area contributed by atoms with Crippen LogP contribution in [0.1, 0.15) is 10.4 Å². The predicted molar refractivity (Wildman–Crippen MR) is 75.5 cm³/mol. The third kappa shape index (κ3) is 2.30. The van der Waals surface area contributed by atoms with Crippen LogP contribution in [0.3, 0.4) is 0 Å². The average molecular weight is 272 g/mol. The average Bonchev–Trinajstić information content (AvgIpc) is 2.86. The van der Waals surface area contributed by atoms with Gasteiger partial charge in [-0.25, -0.2) is 4.98 Å². The number of hydrogen-bond donors (Lipinski definition) is 2. The summed E-state index contributed by atoms with van der Waals surface area (Å²) in [5.74, 6) is -0.248. The van der Waals surface area contributed by atoms with Crippen LogP contribution >= 0.6 is 11.6 Å². The molecular formula is C14H10ClN3O. The van der Waals surface area contributed by atoms with Crippen LogP contribution < -0.4 is 5.32 Å². The standard InChI is InChI=1S/C14H10ClN3O/c15-12-4-2-1-3-11(12)14(19)18-10-7-9-5-6-16-13(9)17-8-10/h1-8H,(H,16,17)(H,18,19). The Hall–Kier alpha value is -2.33. The Morgan fingerprint density at radius 3 is 2.95 bits per heavy atom. The van der Waals surface area contributed by atoms with Gasteiger partial charge in [-0.3, -0.25) is 4.79 Å². The molecule has 0 bridgehead atoms. The first-order valence-corrected chi connectivity index (χ1v) is 6.11. The number of rotatable bonds is 2. The van der Waals surface area contributed by atoms with Crippen LogP contribution in [0.25, 0.3) is 11.0 Å². The predicted octanol–water partition coefficient (Wildman–Crippen LogP) is 3.47. The van der Waals surface area contributed by atoms with Gasteiger partial charge in [-0.2, -0.15) is 0 Å². The van der Waals surface area contributed by atoms with Crippen molar-refractivity contribution in [2.75, 3.05) is 5.32 Å². The topological polar surface area (TPSA) is 57.8 Å². The first kappa shape index (κ1) is 11.7. The molecule has 5 heteroatoms. The highest BCUT2D eigenvalue weighted by atomic mass is 35.5. The molecule has 2 aromatic heterocycles. The molecule has 0 spiro atoms. The molecule has 0 fully saturated rings. The number of nitrogens with zero attached hydrogens (tertiary/aromatic N) is 1. The Bertz CT molecular complexity index is 751. The minimum Gasteiger partial charge on any atom is -0.346 e. The highest BCUT2D eigenvalue weighted by Crippen LogP contribution is 2.19. The fraction of sp³-hybridized carbons (Fsp3) is 0. The maximum Gasteiger partial charge on any atom is 0.257 e. The van der Waals surface area contributed by atoms with E-state index in [1.54, 1.807) is 36.7 Å². The van der Waals surface area contributed by atoms with Gasteiger partial charge in [-0.05, 0) is 24.3 Å². The number of carbonyl (C=O) groups is 1. The van der Waals surface area contributed by atoms with Crippen molar-refractivity contribution in [3.05, 3.63) is 59.4 Å². The number of aromatic amines is 1. The van der Waals surface area contributed by atoms with Gasteiger partial charge in [0.2, 0.25) is 0 Å². The lowest BCUT2D eigenvalue weighted by Crippen LogP contribution is -2.12. The second-order valence-electron chi connectivity index (χ2n) is 4.07. The Balaban J connectivity index is 1.88. The fourth-order valence-electron chi connectivity index (χ4n) is 1.85. The summed E-state index contributed by atoms with van der Waals surface area (Å²) in [5, 5.41) is 4.15. The van der Waals surface area contributed by atoms with Gasteiger partial charge < -0.3 is 10.3 Å². The Labute approximate surface area is 114 Å². The van der Waals surface area contributed by atoms with Gasteiger partial charge >= 0.3 is 0 Å². The summed E-state index contributed by atoms with van der Waals surface area (Å²) in [6.45, 7) is 0. The molecule has 3 aromatic rings. The highest BCUT2D eigenvalue weighted by molar-refractivity contribution is 6.34. The van der Waals surface area contributed by atoms with E-state index in [1.807, 2.05) is 12.1 Å². The summed E-state index contributed by atoms with van der Waals surface area (Å²) in [6, 6.07) is 10.7. The van der Waals surface area contributed by atoms with Gasteiger partial charge in [0.05, 0.1) is 22.5 Å². The molecule has 0 saturated heterocycles. The van der Waals surface area contributed by atoms with Crippen LogP contribution in [0.2, 0.25) is 5.02 Å². The summed E-state index contributed by atoms with van der Waals surface area (Å²) in [4.78, 5) is 19.3. The van der Waals surface area contributed by atoms with Crippen molar-refractivity contribution in [2.24, 2.45) is 0 Å². The van der Waals surface area contributed by atoms with E-state index >= 15 is 0 Å². The maximum absolute atomic E-state index is 12.1.